The summed E-state index contributed by atoms with van der Waals surface area (Å²) in [6.45, 7) is 0. The van der Waals surface area contributed by atoms with Gasteiger partial charge in [-0.2, -0.15) is 13.2 Å². The molecule has 0 saturated carbocycles. The van der Waals surface area contributed by atoms with Crippen LogP contribution in [-0.4, -0.2) is 15.3 Å². The van der Waals surface area contributed by atoms with E-state index < -0.39 is 11.7 Å². The number of rotatable bonds is 4. The number of aromatic nitrogens is 2. The van der Waals surface area contributed by atoms with E-state index in [0.29, 0.717) is 32.7 Å². The van der Waals surface area contributed by atoms with Crippen molar-refractivity contribution in [3.05, 3.63) is 80.7 Å². The Morgan fingerprint density at radius 2 is 1.93 bits per heavy atom. The predicted octanol–water partition coefficient (Wildman–Crippen LogP) is 5.85. The van der Waals surface area contributed by atoms with Crippen LogP contribution >= 0.6 is 35.1 Å². The Kier molecular flexibility index (Phi) is 5.68. The molecular weight excluding hydrogens is 441 g/mol. The van der Waals surface area contributed by atoms with Crippen LogP contribution in [0.4, 0.5) is 13.2 Å². The lowest BCUT2D eigenvalue weighted by molar-refractivity contribution is -0.137. The van der Waals surface area contributed by atoms with Crippen LogP contribution in [-0.2, 0) is 18.3 Å². The molecule has 1 aromatic heterocycles. The van der Waals surface area contributed by atoms with E-state index in [1.54, 1.807) is 30.3 Å². The van der Waals surface area contributed by atoms with Gasteiger partial charge in [-0.25, -0.2) is 4.98 Å². The molecule has 0 radical (unpaired) electrons. The van der Waals surface area contributed by atoms with Gasteiger partial charge >= 0.3 is 6.18 Å². The van der Waals surface area contributed by atoms with E-state index in [4.69, 9.17) is 11.6 Å². The molecule has 0 unspecified atom stereocenters. The molecule has 1 aliphatic rings. The lowest BCUT2D eigenvalue weighted by Gasteiger charge is -2.14. The number of hydrogen-bond acceptors (Lipinski definition) is 4. The Labute approximate surface area is 178 Å². The summed E-state index contributed by atoms with van der Waals surface area (Å²) in [5, 5.41) is 0.999. The monoisotopic (exact) mass is 454 g/mol. The largest absolute Gasteiger partial charge is 0.416 e. The molecule has 0 saturated heterocycles. The second kappa shape index (κ2) is 8.08. The van der Waals surface area contributed by atoms with E-state index in [1.807, 2.05) is 0 Å². The summed E-state index contributed by atoms with van der Waals surface area (Å²) in [7, 11) is 0. The average molecular weight is 455 g/mol. The normalized spacial score (nSPS) is 13.5. The molecule has 29 heavy (non-hydrogen) atoms. The predicted molar refractivity (Wildman–Crippen MR) is 110 cm³/mol. The van der Waals surface area contributed by atoms with E-state index in [-0.39, 0.29) is 11.3 Å². The van der Waals surface area contributed by atoms with Crippen LogP contribution in [0.5, 0.6) is 0 Å². The Morgan fingerprint density at radius 1 is 1.17 bits per heavy atom. The van der Waals surface area contributed by atoms with Crippen molar-refractivity contribution in [1.29, 1.82) is 0 Å². The van der Waals surface area contributed by atoms with Gasteiger partial charge in [0.1, 0.15) is 0 Å². The standard InChI is InChI=1S/C20H14ClF3N2OS2/c21-14-4-6-15(7-5-14)26-18(27)17-16(8-9-28-17)25-19(26)29-11-12-2-1-3-13(10-12)20(22,23)24/h1-7,10H,8-9,11H2. The molecule has 9 heteroatoms. The maximum atomic E-state index is 13.1. The highest BCUT2D eigenvalue weighted by Gasteiger charge is 2.30. The molecule has 1 aliphatic heterocycles. The Hall–Kier alpha value is -1.90. The first-order chi connectivity index (χ1) is 13.8. The molecule has 0 amide bonds. The van der Waals surface area contributed by atoms with E-state index in [2.05, 4.69) is 4.98 Å². The van der Waals surface area contributed by atoms with Crippen LogP contribution in [0.1, 0.15) is 16.8 Å². The molecule has 2 aromatic carbocycles. The van der Waals surface area contributed by atoms with Crippen LogP contribution in [0.15, 0.2) is 63.4 Å². The van der Waals surface area contributed by atoms with Crippen LogP contribution in [0.25, 0.3) is 5.69 Å². The lowest BCUT2D eigenvalue weighted by Crippen LogP contribution is -2.23. The fraction of sp³-hybridized carbons (Fsp3) is 0.200. The van der Waals surface area contributed by atoms with Crippen molar-refractivity contribution in [2.24, 2.45) is 0 Å². The van der Waals surface area contributed by atoms with Crippen LogP contribution in [0.2, 0.25) is 5.02 Å². The summed E-state index contributed by atoms with van der Waals surface area (Å²) in [5.41, 5.74) is 1.03. The second-order valence-corrected chi connectivity index (χ2v) is 8.86. The molecule has 3 nitrogen and oxygen atoms in total. The Balaban J connectivity index is 1.71. The lowest BCUT2D eigenvalue weighted by atomic mass is 10.1. The zero-order valence-electron chi connectivity index (χ0n) is 14.9. The summed E-state index contributed by atoms with van der Waals surface area (Å²) in [4.78, 5) is 18.3. The third kappa shape index (κ3) is 4.34. The van der Waals surface area contributed by atoms with Gasteiger partial charge in [-0.1, -0.05) is 41.6 Å². The summed E-state index contributed by atoms with van der Waals surface area (Å²) in [6, 6.07) is 12.0. The van der Waals surface area contributed by atoms with Gasteiger partial charge < -0.3 is 0 Å². The number of nitrogens with zero attached hydrogens (tertiary/aromatic N) is 2. The number of aryl methyl sites for hydroxylation is 1. The number of hydrogen-bond donors (Lipinski definition) is 0. The summed E-state index contributed by atoms with van der Waals surface area (Å²) < 4.78 is 40.4. The molecule has 0 atom stereocenters. The van der Waals surface area contributed by atoms with Crippen LogP contribution in [0.3, 0.4) is 0 Å². The number of thioether (sulfide) groups is 2. The molecule has 2 heterocycles. The second-order valence-electron chi connectivity index (χ2n) is 6.37. The molecule has 0 bridgehead atoms. The SMILES string of the molecule is O=c1c2c(nc(SCc3cccc(C(F)(F)F)c3)n1-c1ccc(Cl)cc1)CCS2. The zero-order chi connectivity index (χ0) is 20.6. The molecule has 0 spiro atoms. The van der Waals surface area contributed by atoms with Gasteiger partial charge in [0.05, 0.1) is 21.8 Å². The van der Waals surface area contributed by atoms with E-state index in [9.17, 15) is 18.0 Å². The topological polar surface area (TPSA) is 34.9 Å². The summed E-state index contributed by atoms with van der Waals surface area (Å²) >= 11 is 8.68. The number of alkyl halides is 3. The smallest absolute Gasteiger partial charge is 0.268 e. The van der Waals surface area contributed by atoms with Crippen molar-refractivity contribution in [3.8, 4) is 5.69 Å². The van der Waals surface area contributed by atoms with Gasteiger partial charge in [-0.05, 0) is 35.9 Å². The van der Waals surface area contributed by atoms with Crippen molar-refractivity contribution in [3.63, 3.8) is 0 Å². The Bertz CT molecular complexity index is 1110. The molecule has 0 N–H and O–H groups in total. The highest BCUT2D eigenvalue weighted by atomic mass is 35.5. The van der Waals surface area contributed by atoms with Crippen molar-refractivity contribution in [2.45, 2.75) is 28.4 Å². The fourth-order valence-corrected chi connectivity index (χ4v) is 5.11. The van der Waals surface area contributed by atoms with Gasteiger partial charge in [-0.15, -0.1) is 11.8 Å². The quantitative estimate of drug-likeness (QED) is 0.366. The number of halogens is 4. The number of benzene rings is 2. The van der Waals surface area contributed by atoms with Crippen molar-refractivity contribution in [2.75, 3.05) is 5.75 Å². The van der Waals surface area contributed by atoms with Crippen molar-refractivity contribution in [1.82, 2.24) is 9.55 Å². The molecule has 0 fully saturated rings. The van der Waals surface area contributed by atoms with E-state index in [1.165, 1.54) is 34.2 Å². The minimum absolute atomic E-state index is 0.161. The van der Waals surface area contributed by atoms with Gasteiger partial charge in [0, 0.05) is 22.9 Å². The maximum absolute atomic E-state index is 13.1. The third-order valence-electron chi connectivity index (χ3n) is 4.37. The molecule has 3 aromatic rings. The highest BCUT2D eigenvalue weighted by Crippen LogP contribution is 2.33. The average Bonchev–Trinajstić information content (AvgIpc) is 3.16. The third-order valence-corrected chi connectivity index (χ3v) is 6.74. The van der Waals surface area contributed by atoms with E-state index in [0.717, 1.165) is 23.6 Å². The van der Waals surface area contributed by atoms with Gasteiger partial charge in [0.15, 0.2) is 5.16 Å². The number of fused-ring (bicyclic) bond motifs is 1. The highest BCUT2D eigenvalue weighted by molar-refractivity contribution is 7.99. The van der Waals surface area contributed by atoms with Crippen LogP contribution in [0, 0.1) is 0 Å². The Morgan fingerprint density at radius 3 is 2.66 bits per heavy atom. The van der Waals surface area contributed by atoms with Gasteiger partial charge in [0.2, 0.25) is 0 Å². The molecule has 0 aliphatic carbocycles. The zero-order valence-corrected chi connectivity index (χ0v) is 17.3. The fourth-order valence-electron chi connectivity index (χ4n) is 2.99. The van der Waals surface area contributed by atoms with Crippen molar-refractivity contribution >= 4 is 35.1 Å². The molecule has 4 rings (SSSR count). The summed E-state index contributed by atoms with van der Waals surface area (Å²) in [6.07, 6.45) is -3.69. The van der Waals surface area contributed by atoms with Gasteiger partial charge in [-0.3, -0.25) is 9.36 Å². The van der Waals surface area contributed by atoms with Gasteiger partial charge in [0.25, 0.3) is 5.56 Å². The first-order valence-corrected chi connectivity index (χ1v) is 11.0. The minimum atomic E-state index is -4.39. The summed E-state index contributed by atoms with van der Waals surface area (Å²) in [5.74, 6) is 1.05. The minimum Gasteiger partial charge on any atom is -0.268 e. The first kappa shape index (κ1) is 20.4. The molecule has 150 valence electrons. The van der Waals surface area contributed by atoms with Crippen LogP contribution < -0.4 is 5.56 Å². The van der Waals surface area contributed by atoms with E-state index >= 15 is 0 Å². The maximum Gasteiger partial charge on any atom is 0.416 e. The first-order valence-electron chi connectivity index (χ1n) is 8.66. The van der Waals surface area contributed by atoms with Crippen molar-refractivity contribution < 1.29 is 13.2 Å². The molecular formula is C20H14ClF3N2OS2.